The Balaban J connectivity index is 1.49. The number of urea groups is 1. The Morgan fingerprint density at radius 2 is 2.00 bits per heavy atom. The van der Waals surface area contributed by atoms with Gasteiger partial charge < -0.3 is 14.8 Å². The molecule has 4 rings (SSSR count). The lowest BCUT2D eigenvalue weighted by Gasteiger charge is -2.28. The minimum atomic E-state index is -0.991. The van der Waals surface area contributed by atoms with E-state index in [9.17, 15) is 9.59 Å². The maximum Gasteiger partial charge on any atom is 0.326 e. The molecular formula is C22H27N3O4S. The zero-order valence-corrected chi connectivity index (χ0v) is 18.3. The van der Waals surface area contributed by atoms with E-state index in [1.54, 1.807) is 32.5 Å². The molecule has 1 aromatic heterocycles. The first-order valence-corrected chi connectivity index (χ1v) is 11.0. The minimum Gasteiger partial charge on any atom is -0.493 e. The van der Waals surface area contributed by atoms with Crippen molar-refractivity contribution in [3.05, 3.63) is 46.2 Å². The standard InChI is InChI=1S/C22H27N3O4S/c1-22(13-15-8-9-17(28-2)18(12-15)29-3)20(26)25(21(27)23-22)14-24-10-4-6-16(24)19-7-5-11-30-19/h5,7-9,11-12,16H,4,6,10,13-14H2,1-3H3,(H,23,27)/t16-,22-/m0/s1. The van der Waals surface area contributed by atoms with Crippen LogP contribution in [0.1, 0.15) is 36.2 Å². The minimum absolute atomic E-state index is 0.195. The Kier molecular flexibility index (Phi) is 5.71. The molecule has 2 fully saturated rings. The second-order valence-electron chi connectivity index (χ2n) is 7.99. The number of nitrogens with one attached hydrogen (secondary N) is 1. The summed E-state index contributed by atoms with van der Waals surface area (Å²) in [5.74, 6) is 1.03. The molecule has 2 aliphatic heterocycles. The summed E-state index contributed by atoms with van der Waals surface area (Å²) in [5.41, 5.74) is -0.0993. The average molecular weight is 430 g/mol. The number of likely N-dealkylation sites (tertiary alicyclic amines) is 1. The van der Waals surface area contributed by atoms with Crippen molar-refractivity contribution in [2.75, 3.05) is 27.4 Å². The fraction of sp³-hybridized carbons (Fsp3) is 0.455. The van der Waals surface area contributed by atoms with Crippen LogP contribution in [0, 0.1) is 0 Å². The van der Waals surface area contributed by atoms with Crippen LogP contribution in [0.3, 0.4) is 0 Å². The summed E-state index contributed by atoms with van der Waals surface area (Å²) in [7, 11) is 3.16. The number of amides is 3. The quantitative estimate of drug-likeness (QED) is 0.683. The van der Waals surface area contributed by atoms with Gasteiger partial charge in [-0.05, 0) is 48.9 Å². The lowest BCUT2D eigenvalue weighted by Crippen LogP contribution is -2.47. The first-order valence-electron chi connectivity index (χ1n) is 10.1. The van der Waals surface area contributed by atoms with Gasteiger partial charge in [-0.25, -0.2) is 9.69 Å². The van der Waals surface area contributed by atoms with Gasteiger partial charge in [0.1, 0.15) is 5.54 Å². The Hall–Kier alpha value is -2.58. The predicted molar refractivity (Wildman–Crippen MR) is 115 cm³/mol. The average Bonchev–Trinajstić information content (AvgIpc) is 3.45. The predicted octanol–water partition coefficient (Wildman–Crippen LogP) is 3.41. The van der Waals surface area contributed by atoms with Gasteiger partial charge in [0.2, 0.25) is 0 Å². The molecule has 0 bridgehead atoms. The van der Waals surface area contributed by atoms with Crippen molar-refractivity contribution in [2.24, 2.45) is 0 Å². The molecule has 8 heteroatoms. The van der Waals surface area contributed by atoms with E-state index in [0.717, 1.165) is 24.9 Å². The Bertz CT molecular complexity index is 932. The fourth-order valence-electron chi connectivity index (χ4n) is 4.37. The van der Waals surface area contributed by atoms with E-state index in [2.05, 4.69) is 21.7 Å². The van der Waals surface area contributed by atoms with Gasteiger partial charge in [-0.3, -0.25) is 9.69 Å². The molecule has 3 heterocycles. The molecule has 0 unspecified atom stereocenters. The first-order chi connectivity index (χ1) is 14.4. The summed E-state index contributed by atoms with van der Waals surface area (Å²) >= 11 is 1.72. The Labute approximate surface area is 180 Å². The molecule has 3 amide bonds. The number of rotatable bonds is 7. The summed E-state index contributed by atoms with van der Waals surface area (Å²) in [6.45, 7) is 2.98. The van der Waals surface area contributed by atoms with Crippen LogP contribution >= 0.6 is 11.3 Å². The SMILES string of the molecule is COc1ccc(C[C@]2(C)NC(=O)N(CN3CCC[C@H]3c3cccs3)C2=O)cc1OC. The summed E-state index contributed by atoms with van der Waals surface area (Å²) in [6, 6.07) is 9.65. The highest BCUT2D eigenvalue weighted by Gasteiger charge is 2.48. The molecule has 0 spiro atoms. The smallest absolute Gasteiger partial charge is 0.326 e. The summed E-state index contributed by atoms with van der Waals surface area (Å²) < 4.78 is 10.6. The van der Waals surface area contributed by atoms with Crippen LogP contribution in [-0.2, 0) is 11.2 Å². The summed E-state index contributed by atoms with van der Waals surface area (Å²) in [5, 5.41) is 4.98. The molecule has 0 radical (unpaired) electrons. The molecule has 0 aliphatic carbocycles. The molecular weight excluding hydrogens is 402 g/mol. The van der Waals surface area contributed by atoms with Gasteiger partial charge in [0.05, 0.1) is 20.9 Å². The molecule has 160 valence electrons. The second-order valence-corrected chi connectivity index (χ2v) is 8.97. The summed E-state index contributed by atoms with van der Waals surface area (Å²) in [6.07, 6.45) is 2.49. The molecule has 0 saturated carbocycles. The van der Waals surface area contributed by atoms with Crippen LogP contribution < -0.4 is 14.8 Å². The Morgan fingerprint density at radius 3 is 2.70 bits per heavy atom. The summed E-state index contributed by atoms with van der Waals surface area (Å²) in [4.78, 5) is 30.8. The molecule has 2 saturated heterocycles. The number of nitrogens with zero attached hydrogens (tertiary/aromatic N) is 2. The van der Waals surface area contributed by atoms with Gasteiger partial charge in [0, 0.05) is 23.9 Å². The van der Waals surface area contributed by atoms with Crippen molar-refractivity contribution >= 4 is 23.3 Å². The van der Waals surface area contributed by atoms with Gasteiger partial charge in [-0.1, -0.05) is 12.1 Å². The largest absolute Gasteiger partial charge is 0.493 e. The van der Waals surface area contributed by atoms with E-state index in [4.69, 9.17) is 9.47 Å². The molecule has 30 heavy (non-hydrogen) atoms. The second kappa shape index (κ2) is 8.28. The normalized spacial score (nSPS) is 24.4. The molecule has 1 N–H and O–H groups in total. The van der Waals surface area contributed by atoms with Crippen molar-refractivity contribution in [1.82, 2.24) is 15.1 Å². The number of carbonyl (C=O) groups is 2. The number of thiophene rings is 1. The molecule has 1 aromatic carbocycles. The number of benzene rings is 1. The number of methoxy groups -OCH3 is 2. The first kappa shape index (κ1) is 20.7. The van der Waals surface area contributed by atoms with Gasteiger partial charge in [0.15, 0.2) is 11.5 Å². The van der Waals surface area contributed by atoms with Crippen LogP contribution in [0.25, 0.3) is 0 Å². The van der Waals surface area contributed by atoms with Crippen molar-refractivity contribution < 1.29 is 19.1 Å². The van der Waals surface area contributed by atoms with Crippen molar-refractivity contribution in [1.29, 1.82) is 0 Å². The van der Waals surface area contributed by atoms with E-state index < -0.39 is 5.54 Å². The van der Waals surface area contributed by atoms with Crippen molar-refractivity contribution in [2.45, 2.75) is 37.8 Å². The van der Waals surface area contributed by atoms with Crippen LogP contribution in [0.2, 0.25) is 0 Å². The van der Waals surface area contributed by atoms with E-state index in [-0.39, 0.29) is 18.0 Å². The lowest BCUT2D eigenvalue weighted by atomic mass is 9.92. The maximum atomic E-state index is 13.3. The monoisotopic (exact) mass is 429 g/mol. The fourth-order valence-corrected chi connectivity index (χ4v) is 5.27. The third-order valence-electron chi connectivity index (χ3n) is 5.91. The highest BCUT2D eigenvalue weighted by atomic mass is 32.1. The number of imide groups is 1. The van der Waals surface area contributed by atoms with E-state index in [1.807, 2.05) is 24.3 Å². The van der Waals surface area contributed by atoms with Gasteiger partial charge in [0.25, 0.3) is 5.91 Å². The number of hydrogen-bond donors (Lipinski definition) is 1. The Morgan fingerprint density at radius 1 is 1.20 bits per heavy atom. The molecule has 2 aromatic rings. The molecule has 7 nitrogen and oxygen atoms in total. The van der Waals surface area contributed by atoms with Crippen LogP contribution in [-0.4, -0.2) is 54.7 Å². The number of hydrogen-bond acceptors (Lipinski definition) is 6. The van der Waals surface area contributed by atoms with Crippen molar-refractivity contribution in [3.63, 3.8) is 0 Å². The van der Waals surface area contributed by atoms with Crippen LogP contribution in [0.15, 0.2) is 35.7 Å². The highest BCUT2D eigenvalue weighted by Crippen LogP contribution is 2.36. The zero-order valence-electron chi connectivity index (χ0n) is 17.5. The topological polar surface area (TPSA) is 71.1 Å². The van der Waals surface area contributed by atoms with E-state index >= 15 is 0 Å². The zero-order chi connectivity index (χ0) is 21.3. The lowest BCUT2D eigenvalue weighted by molar-refractivity contribution is -0.132. The van der Waals surface area contributed by atoms with Crippen LogP contribution in [0.4, 0.5) is 4.79 Å². The third kappa shape index (κ3) is 3.77. The van der Waals surface area contributed by atoms with E-state index in [0.29, 0.717) is 24.6 Å². The maximum absolute atomic E-state index is 13.3. The van der Waals surface area contributed by atoms with Crippen LogP contribution in [0.5, 0.6) is 11.5 Å². The van der Waals surface area contributed by atoms with Gasteiger partial charge in [-0.15, -0.1) is 11.3 Å². The number of ether oxygens (including phenoxy) is 2. The molecule has 2 aliphatic rings. The highest BCUT2D eigenvalue weighted by molar-refractivity contribution is 7.10. The van der Waals surface area contributed by atoms with Gasteiger partial charge in [-0.2, -0.15) is 0 Å². The van der Waals surface area contributed by atoms with Crippen molar-refractivity contribution in [3.8, 4) is 11.5 Å². The molecule has 2 atom stereocenters. The third-order valence-corrected chi connectivity index (χ3v) is 6.88. The number of carbonyl (C=O) groups excluding carboxylic acids is 2. The van der Waals surface area contributed by atoms with Gasteiger partial charge >= 0.3 is 6.03 Å². The van der Waals surface area contributed by atoms with E-state index in [1.165, 1.54) is 9.78 Å².